The van der Waals surface area contributed by atoms with E-state index < -0.39 is 17.5 Å². The van der Waals surface area contributed by atoms with Crippen molar-refractivity contribution in [3.63, 3.8) is 0 Å². The minimum absolute atomic E-state index is 0.0562. The lowest BCUT2D eigenvalue weighted by Gasteiger charge is -2.36. The van der Waals surface area contributed by atoms with Gasteiger partial charge in [-0.3, -0.25) is 9.59 Å². The number of hydrogen-bond donors (Lipinski definition) is 2. The van der Waals surface area contributed by atoms with Gasteiger partial charge in [-0.2, -0.15) is 5.10 Å². The van der Waals surface area contributed by atoms with E-state index in [2.05, 4.69) is 10.4 Å². The highest BCUT2D eigenvalue weighted by molar-refractivity contribution is 6.33. The number of nitrogens with two attached hydrogens (primary N) is 1. The Hall–Kier alpha value is -1.60. The summed E-state index contributed by atoms with van der Waals surface area (Å²) in [5.41, 5.74) is 5.40. The normalized spacial score (nSPS) is 19.9. The predicted octanol–water partition coefficient (Wildman–Crippen LogP) is -1.30. The van der Waals surface area contributed by atoms with Crippen LogP contribution in [0.4, 0.5) is 5.69 Å². The van der Waals surface area contributed by atoms with Gasteiger partial charge in [-0.05, 0) is 0 Å². The van der Waals surface area contributed by atoms with E-state index in [1.165, 1.54) is 13.2 Å². The molecular weight excluding hydrogens is 258 g/mol. The maximum atomic E-state index is 11.7. The van der Waals surface area contributed by atoms with Gasteiger partial charge < -0.3 is 16.0 Å². The Labute approximate surface area is 109 Å². The summed E-state index contributed by atoms with van der Waals surface area (Å²) in [4.78, 5) is 24.8. The van der Waals surface area contributed by atoms with Crippen LogP contribution in [0.1, 0.15) is 0 Å². The summed E-state index contributed by atoms with van der Waals surface area (Å²) >= 11 is 6.01. The molecule has 1 fully saturated rings. The number of nitrogens with zero attached hydrogens (tertiary/aromatic N) is 3. The molecule has 1 unspecified atom stereocenters. The van der Waals surface area contributed by atoms with E-state index in [0.29, 0.717) is 25.3 Å². The number of piperazine rings is 1. The van der Waals surface area contributed by atoms with E-state index in [4.69, 9.17) is 17.3 Å². The molecule has 98 valence electrons. The Morgan fingerprint density at radius 2 is 2.39 bits per heavy atom. The average Bonchev–Trinajstić information content (AvgIpc) is 2.36. The summed E-state index contributed by atoms with van der Waals surface area (Å²) in [5.74, 6) is -0.459. The first-order valence-corrected chi connectivity index (χ1v) is 5.88. The first-order chi connectivity index (χ1) is 8.52. The van der Waals surface area contributed by atoms with Gasteiger partial charge in [-0.1, -0.05) is 11.6 Å². The second-order valence-corrected chi connectivity index (χ2v) is 4.47. The quantitative estimate of drug-likeness (QED) is 0.697. The predicted molar refractivity (Wildman–Crippen MR) is 67.7 cm³/mol. The zero-order valence-corrected chi connectivity index (χ0v) is 10.6. The second-order valence-electron chi connectivity index (χ2n) is 4.09. The van der Waals surface area contributed by atoms with Gasteiger partial charge in [0.05, 0.1) is 11.9 Å². The van der Waals surface area contributed by atoms with E-state index in [1.54, 1.807) is 4.90 Å². The molecule has 0 saturated carbocycles. The third-order valence-electron chi connectivity index (χ3n) is 2.94. The zero-order valence-electron chi connectivity index (χ0n) is 9.89. The number of aryl methyl sites for hydroxylation is 1. The molecule has 8 heteroatoms. The van der Waals surface area contributed by atoms with E-state index in [1.807, 2.05) is 0 Å². The summed E-state index contributed by atoms with van der Waals surface area (Å²) in [6, 6.07) is -0.523. The van der Waals surface area contributed by atoms with Crippen molar-refractivity contribution in [1.29, 1.82) is 0 Å². The highest BCUT2D eigenvalue weighted by atomic mass is 35.5. The third kappa shape index (κ3) is 2.19. The van der Waals surface area contributed by atoms with E-state index in [-0.39, 0.29) is 5.02 Å². The average molecular weight is 272 g/mol. The van der Waals surface area contributed by atoms with Crippen molar-refractivity contribution in [3.8, 4) is 0 Å². The topological polar surface area (TPSA) is 93.2 Å². The maximum Gasteiger partial charge on any atom is 0.287 e. The molecule has 2 heterocycles. The number of amides is 1. The van der Waals surface area contributed by atoms with Crippen molar-refractivity contribution >= 4 is 23.2 Å². The van der Waals surface area contributed by atoms with Crippen LogP contribution in [0.5, 0.6) is 0 Å². The van der Waals surface area contributed by atoms with Crippen LogP contribution in [0, 0.1) is 0 Å². The Kier molecular flexibility index (Phi) is 3.53. The minimum atomic E-state index is -0.523. The van der Waals surface area contributed by atoms with Gasteiger partial charge in [0.15, 0.2) is 0 Å². The lowest BCUT2D eigenvalue weighted by molar-refractivity contribution is -0.119. The summed E-state index contributed by atoms with van der Waals surface area (Å²) in [7, 11) is 1.52. The van der Waals surface area contributed by atoms with Crippen LogP contribution in [0.3, 0.4) is 0 Å². The van der Waals surface area contributed by atoms with Crippen molar-refractivity contribution in [3.05, 3.63) is 21.6 Å². The fraction of sp³-hybridized carbons (Fsp3) is 0.500. The molecule has 7 nitrogen and oxygen atoms in total. The van der Waals surface area contributed by atoms with Crippen LogP contribution in [0.15, 0.2) is 11.0 Å². The molecule has 1 saturated heterocycles. The first kappa shape index (κ1) is 12.8. The smallest absolute Gasteiger partial charge is 0.287 e. The number of carbonyl (C=O) groups is 1. The molecule has 0 spiro atoms. The molecule has 1 aromatic rings. The fourth-order valence-corrected chi connectivity index (χ4v) is 2.23. The summed E-state index contributed by atoms with van der Waals surface area (Å²) < 4.78 is 1.15. The van der Waals surface area contributed by atoms with Crippen LogP contribution in [0.2, 0.25) is 5.02 Å². The molecule has 0 aromatic carbocycles. The first-order valence-electron chi connectivity index (χ1n) is 5.51. The van der Waals surface area contributed by atoms with Gasteiger partial charge in [-0.25, -0.2) is 4.68 Å². The van der Waals surface area contributed by atoms with Crippen molar-refractivity contribution in [2.75, 3.05) is 24.5 Å². The molecular formula is C10H14ClN5O2. The highest BCUT2D eigenvalue weighted by Gasteiger charge is 2.29. The number of halogens is 1. The van der Waals surface area contributed by atoms with Crippen LogP contribution in [0.25, 0.3) is 0 Å². The largest absolute Gasteiger partial charge is 0.368 e. The van der Waals surface area contributed by atoms with Gasteiger partial charge in [-0.15, -0.1) is 0 Å². The summed E-state index contributed by atoms with van der Waals surface area (Å²) in [5, 5.41) is 7.04. The summed E-state index contributed by atoms with van der Waals surface area (Å²) in [6.45, 7) is 1.67. The number of nitrogens with one attached hydrogen (secondary N) is 1. The number of hydrogen-bond acceptors (Lipinski definition) is 5. The van der Waals surface area contributed by atoms with Crippen molar-refractivity contribution in [2.45, 2.75) is 6.04 Å². The lowest BCUT2D eigenvalue weighted by atomic mass is 10.1. The van der Waals surface area contributed by atoms with Crippen LogP contribution in [-0.4, -0.2) is 41.4 Å². The zero-order chi connectivity index (χ0) is 13.3. The number of anilines is 1. The number of aromatic nitrogens is 2. The summed E-state index contributed by atoms with van der Waals surface area (Å²) in [6.07, 6.45) is 1.48. The van der Waals surface area contributed by atoms with Crippen molar-refractivity contribution in [1.82, 2.24) is 15.1 Å². The molecule has 18 heavy (non-hydrogen) atoms. The molecule has 3 N–H and O–H groups in total. The third-order valence-corrected chi connectivity index (χ3v) is 3.30. The molecule has 1 atom stereocenters. The standard InChI is InChI=1S/C10H14ClN5O2/c1-15-10(18)8(11)6(5-14-15)16-3-2-13-4-7(16)9(12)17/h5,7,13H,2-4H2,1H3,(H2,12,17). The molecule has 2 rings (SSSR count). The number of rotatable bonds is 2. The maximum absolute atomic E-state index is 11.7. The molecule has 0 radical (unpaired) electrons. The van der Waals surface area contributed by atoms with Gasteiger partial charge in [0.1, 0.15) is 11.1 Å². The van der Waals surface area contributed by atoms with Crippen molar-refractivity contribution in [2.24, 2.45) is 12.8 Å². The molecule has 0 aliphatic carbocycles. The second kappa shape index (κ2) is 4.95. The van der Waals surface area contributed by atoms with Gasteiger partial charge >= 0.3 is 0 Å². The Balaban J connectivity index is 2.43. The van der Waals surface area contributed by atoms with Crippen LogP contribution >= 0.6 is 11.6 Å². The highest BCUT2D eigenvalue weighted by Crippen LogP contribution is 2.23. The molecule has 1 aromatic heterocycles. The lowest BCUT2D eigenvalue weighted by Crippen LogP contribution is -2.57. The molecule has 1 aliphatic heterocycles. The van der Waals surface area contributed by atoms with Gasteiger partial charge in [0, 0.05) is 26.7 Å². The van der Waals surface area contributed by atoms with Crippen LogP contribution in [-0.2, 0) is 11.8 Å². The van der Waals surface area contributed by atoms with E-state index in [0.717, 1.165) is 4.68 Å². The van der Waals surface area contributed by atoms with E-state index in [9.17, 15) is 9.59 Å². The van der Waals surface area contributed by atoms with Gasteiger partial charge in [0.25, 0.3) is 5.56 Å². The molecule has 0 bridgehead atoms. The minimum Gasteiger partial charge on any atom is -0.368 e. The molecule has 1 amide bonds. The van der Waals surface area contributed by atoms with E-state index >= 15 is 0 Å². The monoisotopic (exact) mass is 271 g/mol. The fourth-order valence-electron chi connectivity index (χ4n) is 1.95. The van der Waals surface area contributed by atoms with Crippen LogP contribution < -0.4 is 21.5 Å². The SMILES string of the molecule is Cn1ncc(N2CCNCC2C(N)=O)c(Cl)c1=O. The number of primary amides is 1. The van der Waals surface area contributed by atoms with Crippen molar-refractivity contribution < 1.29 is 4.79 Å². The Bertz CT molecular complexity index is 529. The van der Waals surface area contributed by atoms with Gasteiger partial charge in [0.2, 0.25) is 5.91 Å². The number of carbonyl (C=O) groups excluding carboxylic acids is 1. The Morgan fingerprint density at radius 1 is 1.67 bits per heavy atom. The Morgan fingerprint density at radius 3 is 3.06 bits per heavy atom. The molecule has 1 aliphatic rings.